The summed E-state index contributed by atoms with van der Waals surface area (Å²) in [6, 6.07) is 2.11. The Hall–Kier alpha value is -2.45. The topological polar surface area (TPSA) is 131 Å². The molecule has 0 atom stereocenters. The number of anilines is 2. The van der Waals surface area contributed by atoms with Crippen LogP contribution in [-0.4, -0.2) is 95.8 Å². The second-order valence-electron chi connectivity index (χ2n) is 8.30. The molecule has 0 aromatic carbocycles. The summed E-state index contributed by atoms with van der Waals surface area (Å²) < 4.78 is 32.5. The molecule has 0 saturated carbocycles. The molecule has 3 aromatic heterocycles. The molecular formula is C21H28N8O3S2. The van der Waals surface area contributed by atoms with Gasteiger partial charge < -0.3 is 15.4 Å². The number of nitrogens with zero attached hydrogens (tertiary/aromatic N) is 7. The zero-order valence-electron chi connectivity index (χ0n) is 19.1. The molecule has 0 aliphatic carbocycles. The average Bonchev–Trinajstić information content (AvgIpc) is 3.27. The first kappa shape index (κ1) is 23.3. The Bertz CT molecular complexity index is 1250. The number of morpholine rings is 1. The number of fused-ring (bicyclic) bond motifs is 1. The van der Waals surface area contributed by atoms with E-state index in [-0.39, 0.29) is 11.7 Å². The zero-order chi connectivity index (χ0) is 23.7. The number of thiophene rings is 1. The van der Waals surface area contributed by atoms with Crippen LogP contribution in [0, 0.1) is 0 Å². The molecule has 34 heavy (non-hydrogen) atoms. The Morgan fingerprint density at radius 1 is 1.06 bits per heavy atom. The lowest BCUT2D eigenvalue weighted by Gasteiger charge is -2.33. The lowest BCUT2D eigenvalue weighted by atomic mass is 10.3. The molecule has 0 bridgehead atoms. The van der Waals surface area contributed by atoms with E-state index >= 15 is 0 Å². The number of nitrogens with two attached hydrogens (primary N) is 1. The minimum Gasteiger partial charge on any atom is -0.378 e. The lowest BCUT2D eigenvalue weighted by molar-refractivity contribution is 0.122. The number of hydrogen-bond acceptors (Lipinski definition) is 11. The van der Waals surface area contributed by atoms with Gasteiger partial charge in [0.15, 0.2) is 11.6 Å². The van der Waals surface area contributed by atoms with Crippen molar-refractivity contribution in [2.45, 2.75) is 13.5 Å². The van der Waals surface area contributed by atoms with E-state index in [1.165, 1.54) is 4.88 Å². The molecule has 2 aliphatic rings. The molecule has 2 fully saturated rings. The van der Waals surface area contributed by atoms with Crippen LogP contribution < -0.4 is 10.6 Å². The number of piperazine rings is 1. The summed E-state index contributed by atoms with van der Waals surface area (Å²) in [6.07, 6.45) is 3.29. The van der Waals surface area contributed by atoms with Crippen molar-refractivity contribution in [3.63, 3.8) is 0 Å². The van der Waals surface area contributed by atoms with Gasteiger partial charge in [0.25, 0.3) is 0 Å². The fourth-order valence-corrected chi connectivity index (χ4v) is 6.42. The number of hydrogen-bond donors (Lipinski definition) is 1. The van der Waals surface area contributed by atoms with E-state index in [4.69, 9.17) is 20.4 Å². The standard InChI is InChI=1S/C21H28N8O3S2/c1-2-34(30,31)29-5-3-27(4-6-29)14-16-11-17-18(33-16)20(28-7-9-32-10-8-28)26-19(25-17)15-12-23-21(22)24-13-15/h11-13H,2-10,14H2,1H3,(H2,22,23,24). The third-order valence-corrected chi connectivity index (χ3v) is 9.10. The normalized spacial score (nSPS) is 18.6. The predicted octanol–water partition coefficient (Wildman–Crippen LogP) is 1.03. The fraction of sp³-hybridized carbons (Fsp3) is 0.524. The maximum atomic E-state index is 12.2. The van der Waals surface area contributed by atoms with Crippen molar-refractivity contribution in [3.8, 4) is 11.4 Å². The van der Waals surface area contributed by atoms with Crippen molar-refractivity contribution in [3.05, 3.63) is 23.3 Å². The Morgan fingerprint density at radius 2 is 1.76 bits per heavy atom. The molecular weight excluding hydrogens is 476 g/mol. The first-order valence-electron chi connectivity index (χ1n) is 11.3. The summed E-state index contributed by atoms with van der Waals surface area (Å²) in [4.78, 5) is 23.6. The van der Waals surface area contributed by atoms with Gasteiger partial charge in [-0.25, -0.2) is 28.4 Å². The van der Waals surface area contributed by atoms with Crippen molar-refractivity contribution in [2.75, 3.05) is 68.9 Å². The van der Waals surface area contributed by atoms with E-state index < -0.39 is 10.0 Å². The summed E-state index contributed by atoms with van der Waals surface area (Å²) >= 11 is 1.70. The van der Waals surface area contributed by atoms with Crippen LogP contribution in [0.5, 0.6) is 0 Å². The molecule has 0 radical (unpaired) electrons. The molecule has 5 rings (SSSR count). The van der Waals surface area contributed by atoms with Gasteiger partial charge in [0.1, 0.15) is 0 Å². The average molecular weight is 505 g/mol. The molecule has 0 spiro atoms. The van der Waals surface area contributed by atoms with Gasteiger partial charge in [-0.15, -0.1) is 11.3 Å². The monoisotopic (exact) mass is 504 g/mol. The van der Waals surface area contributed by atoms with Crippen LogP contribution in [0.15, 0.2) is 18.5 Å². The minimum atomic E-state index is -3.13. The smallest absolute Gasteiger partial charge is 0.219 e. The predicted molar refractivity (Wildman–Crippen MR) is 132 cm³/mol. The molecule has 13 heteroatoms. The van der Waals surface area contributed by atoms with Crippen LogP contribution in [0.4, 0.5) is 11.8 Å². The number of nitrogen functional groups attached to an aromatic ring is 1. The van der Waals surface area contributed by atoms with E-state index in [0.29, 0.717) is 50.8 Å². The number of ether oxygens (including phenoxy) is 1. The molecule has 0 unspecified atom stereocenters. The highest BCUT2D eigenvalue weighted by Gasteiger charge is 2.26. The van der Waals surface area contributed by atoms with Crippen LogP contribution in [0.3, 0.4) is 0 Å². The lowest BCUT2D eigenvalue weighted by Crippen LogP contribution is -2.48. The summed E-state index contributed by atoms with van der Waals surface area (Å²) in [5.41, 5.74) is 7.25. The van der Waals surface area contributed by atoms with Crippen molar-refractivity contribution in [1.82, 2.24) is 29.1 Å². The Balaban J connectivity index is 1.42. The largest absolute Gasteiger partial charge is 0.378 e. The van der Waals surface area contributed by atoms with Crippen molar-refractivity contribution in [2.24, 2.45) is 0 Å². The van der Waals surface area contributed by atoms with Gasteiger partial charge in [-0.2, -0.15) is 4.31 Å². The van der Waals surface area contributed by atoms with Gasteiger partial charge in [0, 0.05) is 63.1 Å². The summed E-state index contributed by atoms with van der Waals surface area (Å²) in [7, 11) is -3.13. The maximum absolute atomic E-state index is 12.2. The highest BCUT2D eigenvalue weighted by molar-refractivity contribution is 7.89. The van der Waals surface area contributed by atoms with Crippen LogP contribution in [0.25, 0.3) is 21.6 Å². The van der Waals surface area contributed by atoms with Gasteiger partial charge in [0.05, 0.1) is 34.7 Å². The molecule has 0 amide bonds. The van der Waals surface area contributed by atoms with Gasteiger partial charge >= 0.3 is 0 Å². The molecule has 2 N–H and O–H groups in total. The van der Waals surface area contributed by atoms with E-state index in [1.54, 1.807) is 35.0 Å². The van der Waals surface area contributed by atoms with E-state index in [2.05, 4.69) is 25.8 Å². The third-order valence-electron chi connectivity index (χ3n) is 6.11. The van der Waals surface area contributed by atoms with Crippen molar-refractivity contribution >= 4 is 43.3 Å². The zero-order valence-corrected chi connectivity index (χ0v) is 20.7. The molecule has 182 valence electrons. The third kappa shape index (κ3) is 4.84. The fourth-order valence-electron chi connectivity index (χ4n) is 4.18. The van der Waals surface area contributed by atoms with Crippen molar-refractivity contribution in [1.29, 1.82) is 0 Å². The van der Waals surface area contributed by atoms with Gasteiger partial charge in [0.2, 0.25) is 16.0 Å². The SMILES string of the molecule is CCS(=O)(=O)N1CCN(Cc2cc3nc(-c4cnc(N)nc4)nc(N4CCOCC4)c3s2)CC1. The highest BCUT2D eigenvalue weighted by Crippen LogP contribution is 2.35. The second-order valence-corrected chi connectivity index (χ2v) is 11.7. The van der Waals surface area contributed by atoms with Gasteiger partial charge in [-0.05, 0) is 13.0 Å². The first-order valence-corrected chi connectivity index (χ1v) is 13.8. The summed E-state index contributed by atoms with van der Waals surface area (Å²) in [5.74, 6) is 1.82. The quantitative estimate of drug-likeness (QED) is 0.519. The molecule has 3 aromatic rings. The van der Waals surface area contributed by atoms with Crippen molar-refractivity contribution < 1.29 is 13.2 Å². The number of aromatic nitrogens is 4. The molecule has 2 saturated heterocycles. The second kappa shape index (κ2) is 9.66. The molecule has 2 aliphatic heterocycles. The Kier molecular flexibility index (Phi) is 6.62. The van der Waals surface area contributed by atoms with Crippen LogP contribution >= 0.6 is 11.3 Å². The summed E-state index contributed by atoms with van der Waals surface area (Å²) in [6.45, 7) is 7.79. The van der Waals surface area contributed by atoms with Gasteiger partial charge in [-0.1, -0.05) is 0 Å². The highest BCUT2D eigenvalue weighted by atomic mass is 32.2. The van der Waals surface area contributed by atoms with Crippen LogP contribution in [0.2, 0.25) is 0 Å². The van der Waals surface area contributed by atoms with E-state index in [9.17, 15) is 8.42 Å². The van der Waals surface area contributed by atoms with E-state index in [0.717, 1.165) is 35.7 Å². The van der Waals surface area contributed by atoms with E-state index in [1.807, 2.05) is 0 Å². The summed E-state index contributed by atoms with van der Waals surface area (Å²) in [5, 5.41) is 0. The van der Waals surface area contributed by atoms with Crippen LogP contribution in [-0.2, 0) is 21.3 Å². The number of sulfonamides is 1. The first-order chi connectivity index (χ1) is 16.4. The van der Waals surface area contributed by atoms with Gasteiger partial charge in [-0.3, -0.25) is 4.90 Å². The maximum Gasteiger partial charge on any atom is 0.219 e. The minimum absolute atomic E-state index is 0.147. The van der Waals surface area contributed by atoms with Crippen LogP contribution in [0.1, 0.15) is 11.8 Å². The number of rotatable bonds is 6. The Morgan fingerprint density at radius 3 is 2.44 bits per heavy atom. The molecule has 5 heterocycles. The Labute approximate surface area is 202 Å². The molecule has 11 nitrogen and oxygen atoms in total.